The average molecular weight is 254 g/mol. The van der Waals surface area contributed by atoms with E-state index in [1.165, 1.54) is 11.1 Å². The number of halogens is 1. The van der Waals surface area contributed by atoms with Crippen LogP contribution in [0.25, 0.3) is 0 Å². The molecule has 1 aromatic carbocycles. The van der Waals surface area contributed by atoms with Crippen LogP contribution in [-0.2, 0) is 11.3 Å². The predicted molar refractivity (Wildman–Crippen MR) is 72.3 cm³/mol. The van der Waals surface area contributed by atoms with Gasteiger partial charge in [0.05, 0.1) is 5.41 Å². The van der Waals surface area contributed by atoms with Crippen LogP contribution >= 0.6 is 11.6 Å². The zero-order valence-corrected chi connectivity index (χ0v) is 11.7. The summed E-state index contributed by atoms with van der Waals surface area (Å²) in [4.78, 5) is 11.9. The standard InChI is InChI=1S/C14H20ClNO/c1-10-5-6-12(11(2)7-10)8-16-13(17)14(3,4)9-15/h5-7H,8-9H2,1-4H3,(H,16,17). The van der Waals surface area contributed by atoms with Gasteiger partial charge in [-0.3, -0.25) is 4.79 Å². The molecule has 0 atom stereocenters. The summed E-state index contributed by atoms with van der Waals surface area (Å²) >= 11 is 5.76. The van der Waals surface area contributed by atoms with E-state index in [1.54, 1.807) is 0 Å². The SMILES string of the molecule is Cc1ccc(CNC(=O)C(C)(C)CCl)c(C)c1. The van der Waals surface area contributed by atoms with E-state index in [0.717, 1.165) is 5.56 Å². The van der Waals surface area contributed by atoms with Gasteiger partial charge in [0.1, 0.15) is 0 Å². The van der Waals surface area contributed by atoms with E-state index in [9.17, 15) is 4.79 Å². The summed E-state index contributed by atoms with van der Waals surface area (Å²) < 4.78 is 0. The van der Waals surface area contributed by atoms with E-state index in [0.29, 0.717) is 12.4 Å². The van der Waals surface area contributed by atoms with Crippen molar-refractivity contribution in [3.05, 3.63) is 34.9 Å². The molecule has 2 nitrogen and oxygen atoms in total. The number of nitrogens with one attached hydrogen (secondary N) is 1. The largest absolute Gasteiger partial charge is 0.352 e. The Kier molecular flexibility index (Phi) is 4.58. The summed E-state index contributed by atoms with van der Waals surface area (Å²) in [5, 5.41) is 2.93. The number of carbonyl (C=O) groups excluding carboxylic acids is 1. The Balaban J connectivity index is 2.65. The fraction of sp³-hybridized carbons (Fsp3) is 0.500. The highest BCUT2D eigenvalue weighted by Crippen LogP contribution is 2.17. The highest BCUT2D eigenvalue weighted by molar-refractivity contribution is 6.19. The molecular weight excluding hydrogens is 234 g/mol. The summed E-state index contributed by atoms with van der Waals surface area (Å²) in [6.45, 7) is 8.37. The molecule has 1 rings (SSSR count). The highest BCUT2D eigenvalue weighted by Gasteiger charge is 2.25. The molecule has 0 bridgehead atoms. The van der Waals surface area contributed by atoms with E-state index in [-0.39, 0.29) is 5.91 Å². The molecule has 1 amide bonds. The topological polar surface area (TPSA) is 29.1 Å². The zero-order valence-electron chi connectivity index (χ0n) is 10.9. The van der Waals surface area contributed by atoms with Gasteiger partial charge < -0.3 is 5.32 Å². The molecular formula is C14H20ClNO. The molecule has 0 heterocycles. The molecule has 17 heavy (non-hydrogen) atoms. The van der Waals surface area contributed by atoms with Gasteiger partial charge in [0, 0.05) is 12.4 Å². The average Bonchev–Trinajstić information content (AvgIpc) is 2.27. The number of hydrogen-bond acceptors (Lipinski definition) is 1. The second kappa shape index (κ2) is 5.54. The molecule has 1 aromatic rings. The lowest BCUT2D eigenvalue weighted by atomic mass is 9.95. The van der Waals surface area contributed by atoms with Gasteiger partial charge in [-0.2, -0.15) is 0 Å². The van der Waals surface area contributed by atoms with Crippen molar-refractivity contribution in [1.82, 2.24) is 5.32 Å². The van der Waals surface area contributed by atoms with Crippen molar-refractivity contribution in [2.45, 2.75) is 34.2 Å². The molecule has 0 aliphatic carbocycles. The quantitative estimate of drug-likeness (QED) is 0.821. The molecule has 0 saturated heterocycles. The van der Waals surface area contributed by atoms with E-state index >= 15 is 0 Å². The number of amides is 1. The summed E-state index contributed by atoms with van der Waals surface area (Å²) in [5.41, 5.74) is 3.07. The molecule has 0 fully saturated rings. The number of benzene rings is 1. The van der Waals surface area contributed by atoms with Crippen molar-refractivity contribution in [2.75, 3.05) is 5.88 Å². The third-order valence-electron chi connectivity index (χ3n) is 2.89. The van der Waals surface area contributed by atoms with Crippen molar-refractivity contribution in [3.63, 3.8) is 0 Å². The van der Waals surface area contributed by atoms with Crippen LogP contribution in [0.2, 0.25) is 0 Å². The smallest absolute Gasteiger partial charge is 0.227 e. The number of hydrogen-bond donors (Lipinski definition) is 1. The van der Waals surface area contributed by atoms with Gasteiger partial charge in [0.15, 0.2) is 0 Å². The maximum atomic E-state index is 11.9. The molecule has 1 N–H and O–H groups in total. The van der Waals surface area contributed by atoms with Crippen LogP contribution in [0.1, 0.15) is 30.5 Å². The Hall–Kier alpha value is -1.02. The lowest BCUT2D eigenvalue weighted by Gasteiger charge is -2.20. The van der Waals surface area contributed by atoms with Crippen molar-refractivity contribution in [3.8, 4) is 0 Å². The maximum absolute atomic E-state index is 11.9. The molecule has 0 aromatic heterocycles. The third-order valence-corrected chi connectivity index (χ3v) is 3.55. The van der Waals surface area contributed by atoms with E-state index < -0.39 is 5.41 Å². The van der Waals surface area contributed by atoms with Crippen LogP contribution in [-0.4, -0.2) is 11.8 Å². The van der Waals surface area contributed by atoms with Crippen LogP contribution < -0.4 is 5.32 Å². The van der Waals surface area contributed by atoms with Crippen LogP contribution in [0.15, 0.2) is 18.2 Å². The van der Waals surface area contributed by atoms with Crippen LogP contribution in [0.4, 0.5) is 0 Å². The van der Waals surface area contributed by atoms with Crippen LogP contribution in [0.3, 0.4) is 0 Å². The van der Waals surface area contributed by atoms with Crippen molar-refractivity contribution in [1.29, 1.82) is 0 Å². The second-order valence-electron chi connectivity index (χ2n) is 5.13. The Morgan fingerprint density at radius 2 is 2.00 bits per heavy atom. The Morgan fingerprint density at radius 3 is 2.53 bits per heavy atom. The minimum atomic E-state index is -0.514. The lowest BCUT2D eigenvalue weighted by Crippen LogP contribution is -2.37. The highest BCUT2D eigenvalue weighted by atomic mass is 35.5. The second-order valence-corrected chi connectivity index (χ2v) is 5.40. The molecule has 0 aliphatic heterocycles. The third kappa shape index (κ3) is 3.74. The van der Waals surface area contributed by atoms with Crippen molar-refractivity contribution < 1.29 is 4.79 Å². The van der Waals surface area contributed by atoms with Gasteiger partial charge in [-0.05, 0) is 38.8 Å². The monoisotopic (exact) mass is 253 g/mol. The summed E-state index contributed by atoms with van der Waals surface area (Å²) in [6.07, 6.45) is 0. The summed E-state index contributed by atoms with van der Waals surface area (Å²) in [5.74, 6) is 0.318. The van der Waals surface area contributed by atoms with E-state index in [2.05, 4.69) is 37.4 Å². The number of alkyl halides is 1. The van der Waals surface area contributed by atoms with Gasteiger partial charge in [-0.15, -0.1) is 11.6 Å². The Morgan fingerprint density at radius 1 is 1.35 bits per heavy atom. The van der Waals surface area contributed by atoms with Crippen molar-refractivity contribution >= 4 is 17.5 Å². The maximum Gasteiger partial charge on any atom is 0.227 e. The van der Waals surface area contributed by atoms with Gasteiger partial charge in [-0.1, -0.05) is 23.8 Å². The fourth-order valence-corrected chi connectivity index (χ4v) is 1.64. The zero-order chi connectivity index (χ0) is 13.1. The first-order chi connectivity index (χ1) is 7.86. The molecule has 0 spiro atoms. The normalized spacial score (nSPS) is 11.4. The van der Waals surface area contributed by atoms with Gasteiger partial charge in [0.25, 0.3) is 0 Å². The first-order valence-electron chi connectivity index (χ1n) is 5.77. The lowest BCUT2D eigenvalue weighted by molar-refractivity contribution is -0.128. The Bertz CT molecular complexity index is 413. The molecule has 0 radical (unpaired) electrons. The first kappa shape index (κ1) is 14.0. The Labute approximate surface area is 108 Å². The number of carbonyl (C=O) groups is 1. The predicted octanol–water partition coefficient (Wildman–Crippen LogP) is 3.18. The van der Waals surface area contributed by atoms with Crippen LogP contribution in [0.5, 0.6) is 0 Å². The number of rotatable bonds is 4. The first-order valence-corrected chi connectivity index (χ1v) is 6.30. The van der Waals surface area contributed by atoms with Gasteiger partial charge >= 0.3 is 0 Å². The van der Waals surface area contributed by atoms with E-state index in [1.807, 2.05) is 13.8 Å². The van der Waals surface area contributed by atoms with Crippen molar-refractivity contribution in [2.24, 2.45) is 5.41 Å². The molecule has 0 aliphatic rings. The molecule has 0 saturated carbocycles. The fourth-order valence-electron chi connectivity index (χ4n) is 1.52. The number of aryl methyl sites for hydroxylation is 2. The summed E-state index contributed by atoms with van der Waals surface area (Å²) in [6, 6.07) is 6.23. The summed E-state index contributed by atoms with van der Waals surface area (Å²) in [7, 11) is 0. The van der Waals surface area contributed by atoms with Gasteiger partial charge in [0.2, 0.25) is 5.91 Å². The molecule has 0 unspecified atom stereocenters. The van der Waals surface area contributed by atoms with E-state index in [4.69, 9.17) is 11.6 Å². The molecule has 3 heteroatoms. The van der Waals surface area contributed by atoms with Gasteiger partial charge in [-0.25, -0.2) is 0 Å². The van der Waals surface area contributed by atoms with Crippen LogP contribution in [0, 0.1) is 19.3 Å². The minimum absolute atomic E-state index is 0.00697. The molecule has 94 valence electrons. The minimum Gasteiger partial charge on any atom is -0.352 e.